The summed E-state index contributed by atoms with van der Waals surface area (Å²) in [5.74, 6) is -0.192. The standard InChI is InChI=1S/C22H21N3O3S/c26-22(13-8-18-16-23-25(17-18)20-6-2-1-3-7-20)19-9-11-21(12-10-19)29(27,28)24-14-4-5-15-24/h1-3,6-13,16-17H,4-5,14-15H2/b13-8+. The predicted octanol–water partition coefficient (Wildman–Crippen LogP) is 3.55. The number of hydrogen-bond acceptors (Lipinski definition) is 4. The minimum absolute atomic E-state index is 0.192. The van der Waals surface area contributed by atoms with Crippen LogP contribution in [0.1, 0.15) is 28.8 Å². The Kier molecular flexibility index (Phi) is 5.42. The van der Waals surface area contributed by atoms with Crippen molar-refractivity contribution in [2.45, 2.75) is 17.7 Å². The van der Waals surface area contributed by atoms with Crippen LogP contribution in [0.4, 0.5) is 0 Å². The summed E-state index contributed by atoms with van der Waals surface area (Å²) in [5.41, 5.74) is 2.18. The SMILES string of the molecule is O=C(/C=C/c1cnn(-c2ccccc2)c1)c1ccc(S(=O)(=O)N2CCCC2)cc1. The summed E-state index contributed by atoms with van der Waals surface area (Å²) in [6.07, 6.45) is 8.47. The van der Waals surface area contributed by atoms with Crippen LogP contribution < -0.4 is 0 Å². The van der Waals surface area contributed by atoms with Gasteiger partial charge >= 0.3 is 0 Å². The van der Waals surface area contributed by atoms with Gasteiger partial charge < -0.3 is 0 Å². The van der Waals surface area contributed by atoms with Crippen molar-refractivity contribution in [1.82, 2.24) is 14.1 Å². The molecule has 1 aromatic heterocycles. The Morgan fingerprint density at radius 3 is 2.34 bits per heavy atom. The van der Waals surface area contributed by atoms with Gasteiger partial charge in [-0.1, -0.05) is 18.2 Å². The van der Waals surface area contributed by atoms with Gasteiger partial charge in [-0.15, -0.1) is 0 Å². The molecular formula is C22H21N3O3S. The third-order valence-corrected chi connectivity index (χ3v) is 6.80. The van der Waals surface area contributed by atoms with Crippen LogP contribution in [0.3, 0.4) is 0 Å². The Bertz CT molecular complexity index is 1130. The fourth-order valence-corrected chi connectivity index (χ4v) is 4.80. The summed E-state index contributed by atoms with van der Waals surface area (Å²) >= 11 is 0. The van der Waals surface area contributed by atoms with Gasteiger partial charge in [0.15, 0.2) is 5.78 Å². The number of hydrogen-bond donors (Lipinski definition) is 0. The maximum Gasteiger partial charge on any atom is 0.243 e. The van der Waals surface area contributed by atoms with E-state index in [4.69, 9.17) is 0 Å². The molecule has 2 heterocycles. The van der Waals surface area contributed by atoms with Gasteiger partial charge in [0, 0.05) is 30.4 Å². The number of ketones is 1. The van der Waals surface area contributed by atoms with E-state index in [-0.39, 0.29) is 10.7 Å². The minimum atomic E-state index is -3.47. The zero-order valence-corrected chi connectivity index (χ0v) is 16.6. The van der Waals surface area contributed by atoms with Crippen LogP contribution in [0, 0.1) is 0 Å². The molecule has 0 saturated carbocycles. The summed E-state index contributed by atoms with van der Waals surface area (Å²) < 4.78 is 28.4. The Morgan fingerprint density at radius 2 is 1.66 bits per heavy atom. The number of rotatable bonds is 6. The van der Waals surface area contributed by atoms with Crippen molar-refractivity contribution < 1.29 is 13.2 Å². The lowest BCUT2D eigenvalue weighted by Crippen LogP contribution is -2.27. The zero-order chi connectivity index (χ0) is 20.3. The van der Waals surface area contributed by atoms with Gasteiger partial charge in [0.05, 0.1) is 16.8 Å². The van der Waals surface area contributed by atoms with Crippen molar-refractivity contribution in [3.8, 4) is 5.69 Å². The van der Waals surface area contributed by atoms with E-state index in [0.717, 1.165) is 24.1 Å². The fraction of sp³-hybridized carbons (Fsp3) is 0.182. The lowest BCUT2D eigenvalue weighted by molar-refractivity contribution is 0.104. The van der Waals surface area contributed by atoms with Crippen molar-refractivity contribution >= 4 is 21.9 Å². The summed E-state index contributed by atoms with van der Waals surface area (Å²) in [7, 11) is -3.47. The van der Waals surface area contributed by atoms with Crippen molar-refractivity contribution in [3.05, 3.63) is 84.2 Å². The second kappa shape index (κ2) is 8.14. The molecule has 0 bridgehead atoms. The van der Waals surface area contributed by atoms with Gasteiger partial charge in [-0.3, -0.25) is 4.79 Å². The summed E-state index contributed by atoms with van der Waals surface area (Å²) in [6.45, 7) is 1.12. The first kappa shape index (κ1) is 19.3. The first-order valence-electron chi connectivity index (χ1n) is 9.47. The highest BCUT2D eigenvalue weighted by atomic mass is 32.2. The van der Waals surface area contributed by atoms with Crippen LogP contribution >= 0.6 is 0 Å². The van der Waals surface area contributed by atoms with E-state index in [1.807, 2.05) is 36.5 Å². The van der Waals surface area contributed by atoms with Gasteiger partial charge in [0.2, 0.25) is 10.0 Å². The molecule has 29 heavy (non-hydrogen) atoms. The van der Waals surface area contributed by atoms with E-state index >= 15 is 0 Å². The van der Waals surface area contributed by atoms with E-state index < -0.39 is 10.0 Å². The highest BCUT2D eigenvalue weighted by Gasteiger charge is 2.27. The smallest absolute Gasteiger partial charge is 0.243 e. The van der Waals surface area contributed by atoms with E-state index in [1.54, 1.807) is 29.1 Å². The molecule has 4 rings (SSSR count). The van der Waals surface area contributed by atoms with Crippen molar-refractivity contribution in [2.75, 3.05) is 13.1 Å². The number of aromatic nitrogens is 2. The van der Waals surface area contributed by atoms with E-state index in [1.165, 1.54) is 22.5 Å². The maximum absolute atomic E-state index is 12.6. The number of sulfonamides is 1. The highest BCUT2D eigenvalue weighted by molar-refractivity contribution is 7.89. The number of allylic oxidation sites excluding steroid dienone is 1. The third-order valence-electron chi connectivity index (χ3n) is 4.89. The highest BCUT2D eigenvalue weighted by Crippen LogP contribution is 2.21. The molecule has 1 aliphatic heterocycles. The maximum atomic E-state index is 12.6. The Morgan fingerprint density at radius 1 is 0.966 bits per heavy atom. The zero-order valence-electron chi connectivity index (χ0n) is 15.8. The van der Waals surface area contributed by atoms with E-state index in [0.29, 0.717) is 18.7 Å². The average Bonchev–Trinajstić information content (AvgIpc) is 3.45. The fourth-order valence-electron chi connectivity index (χ4n) is 3.28. The van der Waals surface area contributed by atoms with Crippen LogP contribution in [0.25, 0.3) is 11.8 Å². The molecule has 0 N–H and O–H groups in total. The van der Waals surface area contributed by atoms with Gasteiger partial charge in [-0.2, -0.15) is 9.40 Å². The largest absolute Gasteiger partial charge is 0.289 e. The number of carbonyl (C=O) groups is 1. The van der Waals surface area contributed by atoms with Gasteiger partial charge in [-0.05, 0) is 61.4 Å². The Balaban J connectivity index is 1.45. The Labute approximate surface area is 170 Å². The van der Waals surface area contributed by atoms with E-state index in [9.17, 15) is 13.2 Å². The molecule has 0 spiro atoms. The summed E-state index contributed by atoms with van der Waals surface area (Å²) in [5, 5.41) is 4.30. The summed E-state index contributed by atoms with van der Waals surface area (Å²) in [6, 6.07) is 15.8. The van der Waals surface area contributed by atoms with Crippen LogP contribution in [-0.4, -0.2) is 41.4 Å². The molecule has 7 heteroatoms. The molecule has 1 fully saturated rings. The average molecular weight is 407 g/mol. The molecule has 0 atom stereocenters. The van der Waals surface area contributed by atoms with Gasteiger partial charge in [0.25, 0.3) is 0 Å². The minimum Gasteiger partial charge on any atom is -0.289 e. The normalized spacial score (nSPS) is 15.2. The monoisotopic (exact) mass is 407 g/mol. The molecule has 0 unspecified atom stereocenters. The lowest BCUT2D eigenvalue weighted by Gasteiger charge is -2.15. The van der Waals surface area contributed by atoms with Crippen LogP contribution in [-0.2, 0) is 10.0 Å². The van der Waals surface area contributed by atoms with Crippen molar-refractivity contribution in [3.63, 3.8) is 0 Å². The number of para-hydroxylation sites is 1. The topological polar surface area (TPSA) is 72.3 Å². The van der Waals surface area contributed by atoms with Crippen molar-refractivity contribution in [1.29, 1.82) is 0 Å². The van der Waals surface area contributed by atoms with Gasteiger partial charge in [-0.25, -0.2) is 13.1 Å². The lowest BCUT2D eigenvalue weighted by atomic mass is 10.1. The molecule has 1 aliphatic rings. The predicted molar refractivity (Wildman–Crippen MR) is 111 cm³/mol. The third kappa shape index (κ3) is 4.21. The molecule has 0 amide bonds. The quantitative estimate of drug-likeness (QED) is 0.463. The number of benzene rings is 2. The second-order valence-electron chi connectivity index (χ2n) is 6.89. The Hall–Kier alpha value is -3.03. The number of nitrogens with zero attached hydrogens (tertiary/aromatic N) is 3. The first-order chi connectivity index (χ1) is 14.0. The van der Waals surface area contributed by atoms with Crippen LogP contribution in [0.5, 0.6) is 0 Å². The molecular weight excluding hydrogens is 386 g/mol. The molecule has 3 aromatic rings. The van der Waals surface area contributed by atoms with Gasteiger partial charge in [0.1, 0.15) is 0 Å². The van der Waals surface area contributed by atoms with Crippen LogP contribution in [0.2, 0.25) is 0 Å². The van der Waals surface area contributed by atoms with Crippen LogP contribution in [0.15, 0.2) is 78.0 Å². The first-order valence-corrected chi connectivity index (χ1v) is 10.9. The summed E-state index contributed by atoms with van der Waals surface area (Å²) in [4.78, 5) is 12.7. The number of carbonyl (C=O) groups excluding carboxylic acids is 1. The molecule has 6 nitrogen and oxygen atoms in total. The molecule has 2 aromatic carbocycles. The molecule has 0 radical (unpaired) electrons. The van der Waals surface area contributed by atoms with E-state index in [2.05, 4.69) is 5.10 Å². The molecule has 0 aliphatic carbocycles. The van der Waals surface area contributed by atoms with Crippen molar-refractivity contribution in [2.24, 2.45) is 0 Å². The molecule has 148 valence electrons. The molecule has 1 saturated heterocycles. The second-order valence-corrected chi connectivity index (χ2v) is 8.82.